The van der Waals surface area contributed by atoms with Gasteiger partial charge in [-0.05, 0) is 161 Å². The third-order valence-electron chi connectivity index (χ3n) is 13.1. The summed E-state index contributed by atoms with van der Waals surface area (Å²) in [7, 11) is 0. The molecule has 0 fully saturated rings. The number of rotatable bonds is 57. The number of allylic oxidation sites excluding steroid dienone is 32. The number of carbonyl (C=O) groups is 3. The zero-order valence-electron chi connectivity index (χ0n) is 52.9. The number of hydrogen-bond donors (Lipinski definition) is 0. The van der Waals surface area contributed by atoms with E-state index in [-0.39, 0.29) is 44.0 Å². The van der Waals surface area contributed by atoms with Crippen LogP contribution < -0.4 is 0 Å². The SMILES string of the molecule is CC/C=C\C/C=C\C/C=C\C/C=C\C/C=C\C/C=C\C/C=C\CCCCCCCCCC(=O)OCC(COC(=O)CCCC/C=C\C/C=C\C/C=C\C/C=C\CC)OC(=O)CCCCCCC/C=C\C/C=C\C/C=C\C/C=C\C/C=C\CC. The lowest BCUT2D eigenvalue weighted by atomic mass is 10.1. The second-order valence-electron chi connectivity index (χ2n) is 20.9. The first-order chi connectivity index (χ1) is 41.0. The van der Waals surface area contributed by atoms with Crippen molar-refractivity contribution >= 4 is 17.9 Å². The van der Waals surface area contributed by atoms with Crippen molar-refractivity contribution < 1.29 is 28.6 Å². The highest BCUT2D eigenvalue weighted by Crippen LogP contribution is 2.14. The van der Waals surface area contributed by atoms with Gasteiger partial charge in [-0.3, -0.25) is 14.4 Å². The summed E-state index contributed by atoms with van der Waals surface area (Å²) in [5, 5.41) is 0. The van der Waals surface area contributed by atoms with E-state index < -0.39 is 6.10 Å². The molecule has 83 heavy (non-hydrogen) atoms. The van der Waals surface area contributed by atoms with E-state index in [0.717, 1.165) is 186 Å². The van der Waals surface area contributed by atoms with E-state index in [2.05, 4.69) is 215 Å². The molecule has 0 saturated heterocycles. The molecular weight excluding hydrogens is 1020 g/mol. The summed E-state index contributed by atoms with van der Waals surface area (Å²) in [6.45, 7) is 6.22. The van der Waals surface area contributed by atoms with Crippen molar-refractivity contribution in [2.75, 3.05) is 13.2 Å². The molecule has 6 nitrogen and oxygen atoms in total. The molecule has 0 aromatic rings. The molecule has 0 spiro atoms. The van der Waals surface area contributed by atoms with Gasteiger partial charge in [0.15, 0.2) is 6.10 Å². The molecule has 0 aliphatic carbocycles. The lowest BCUT2D eigenvalue weighted by molar-refractivity contribution is -0.167. The largest absolute Gasteiger partial charge is 0.462 e. The van der Waals surface area contributed by atoms with Crippen LogP contribution in [0.2, 0.25) is 0 Å². The lowest BCUT2D eigenvalue weighted by Crippen LogP contribution is -2.30. The summed E-state index contributed by atoms with van der Waals surface area (Å²) >= 11 is 0. The molecule has 0 bridgehead atoms. The summed E-state index contributed by atoms with van der Waals surface area (Å²) in [5.41, 5.74) is 0. The Bertz CT molecular complexity index is 1990. The standard InChI is InChI=1S/C77H118O6/c1-4-7-10-13-16-19-22-25-28-30-32-34-35-36-37-38-39-40-41-43-44-46-49-52-55-58-61-64-67-70-76(79)82-73-74(72-81-75(78)69-66-63-60-57-54-51-48-27-24-21-18-15-12-9-6-3)83-77(80)71-68-65-62-59-56-53-50-47-45-42-33-31-29-26-23-20-17-14-11-8-5-2/h7-12,16-21,25-29,32-34,36-37,39-40,42-44,47-48,50,54,57,74H,4-6,13-15,22-24,30-31,35,38,41,45-46,49,51-53,55-56,58-73H2,1-3H3/b10-7-,11-8-,12-9-,19-16-,20-17-,21-18-,28-25-,29-26-,34-32-,37-36-,40-39-,42-33-,44-43-,48-27-,50-47-,57-54-. The van der Waals surface area contributed by atoms with E-state index in [9.17, 15) is 14.4 Å². The van der Waals surface area contributed by atoms with Crippen LogP contribution in [0.25, 0.3) is 0 Å². The molecule has 0 rings (SSSR count). The Morgan fingerprint density at radius 3 is 0.699 bits per heavy atom. The van der Waals surface area contributed by atoms with Crippen molar-refractivity contribution in [3.8, 4) is 0 Å². The molecule has 0 aliphatic heterocycles. The predicted octanol–water partition coefficient (Wildman–Crippen LogP) is 23.0. The summed E-state index contributed by atoms with van der Waals surface area (Å²) in [6, 6.07) is 0. The molecule has 6 heteroatoms. The normalized spacial score (nSPS) is 13.4. The van der Waals surface area contributed by atoms with Crippen LogP contribution in [0.15, 0.2) is 194 Å². The van der Waals surface area contributed by atoms with Gasteiger partial charge in [-0.1, -0.05) is 267 Å². The second kappa shape index (κ2) is 68.7. The van der Waals surface area contributed by atoms with Gasteiger partial charge in [-0.25, -0.2) is 0 Å². The highest BCUT2D eigenvalue weighted by atomic mass is 16.6. The Morgan fingerprint density at radius 1 is 0.241 bits per heavy atom. The molecule has 0 aromatic carbocycles. The fraction of sp³-hybridized carbons (Fsp3) is 0.545. The first-order valence-electron chi connectivity index (χ1n) is 32.9. The third kappa shape index (κ3) is 66.9. The number of esters is 3. The Labute approximate surface area is 509 Å². The summed E-state index contributed by atoms with van der Waals surface area (Å²) in [6.07, 6.45) is 104. The first-order valence-corrected chi connectivity index (χ1v) is 32.9. The van der Waals surface area contributed by atoms with Crippen LogP contribution in [0.5, 0.6) is 0 Å². The quantitative estimate of drug-likeness (QED) is 0.0261. The minimum absolute atomic E-state index is 0.116. The summed E-state index contributed by atoms with van der Waals surface area (Å²) in [5.74, 6) is -0.996. The molecule has 462 valence electrons. The molecule has 0 radical (unpaired) electrons. The molecule has 0 heterocycles. The van der Waals surface area contributed by atoms with E-state index in [1.165, 1.54) is 19.3 Å². The van der Waals surface area contributed by atoms with Crippen LogP contribution in [-0.2, 0) is 28.6 Å². The molecular formula is C77H118O6. The number of unbranched alkanes of at least 4 members (excludes halogenated alkanes) is 14. The van der Waals surface area contributed by atoms with E-state index in [0.29, 0.717) is 12.8 Å². The highest BCUT2D eigenvalue weighted by Gasteiger charge is 2.19. The maximum Gasteiger partial charge on any atom is 0.306 e. The van der Waals surface area contributed by atoms with E-state index in [1.54, 1.807) is 0 Å². The van der Waals surface area contributed by atoms with E-state index in [4.69, 9.17) is 14.2 Å². The zero-order chi connectivity index (χ0) is 59.9. The predicted molar refractivity (Wildman–Crippen MR) is 361 cm³/mol. The van der Waals surface area contributed by atoms with Crippen LogP contribution in [0, 0.1) is 0 Å². The molecule has 1 atom stereocenters. The Balaban J connectivity index is 4.48. The van der Waals surface area contributed by atoms with Gasteiger partial charge < -0.3 is 14.2 Å². The van der Waals surface area contributed by atoms with Gasteiger partial charge >= 0.3 is 17.9 Å². The van der Waals surface area contributed by atoms with Gasteiger partial charge in [-0.2, -0.15) is 0 Å². The first kappa shape index (κ1) is 77.2. The average Bonchev–Trinajstić information content (AvgIpc) is 3.49. The zero-order valence-corrected chi connectivity index (χ0v) is 52.9. The topological polar surface area (TPSA) is 78.9 Å². The van der Waals surface area contributed by atoms with Crippen molar-refractivity contribution in [2.45, 2.75) is 258 Å². The minimum Gasteiger partial charge on any atom is -0.462 e. The molecule has 0 aromatic heterocycles. The molecule has 0 saturated carbocycles. The molecule has 0 amide bonds. The Kier molecular flexibility index (Phi) is 64.0. The molecule has 0 aliphatic rings. The number of carbonyl (C=O) groups excluding carboxylic acids is 3. The Morgan fingerprint density at radius 2 is 0.434 bits per heavy atom. The van der Waals surface area contributed by atoms with Crippen LogP contribution in [-0.4, -0.2) is 37.2 Å². The smallest absolute Gasteiger partial charge is 0.306 e. The summed E-state index contributed by atoms with van der Waals surface area (Å²) in [4.78, 5) is 38.4. The van der Waals surface area contributed by atoms with E-state index in [1.807, 2.05) is 0 Å². The third-order valence-corrected chi connectivity index (χ3v) is 13.1. The van der Waals surface area contributed by atoms with Crippen LogP contribution >= 0.6 is 0 Å². The monoisotopic (exact) mass is 1140 g/mol. The maximum atomic E-state index is 12.9. The minimum atomic E-state index is -0.824. The van der Waals surface area contributed by atoms with Crippen molar-refractivity contribution in [3.63, 3.8) is 0 Å². The fourth-order valence-corrected chi connectivity index (χ4v) is 8.26. The van der Waals surface area contributed by atoms with Gasteiger partial charge in [-0.15, -0.1) is 0 Å². The van der Waals surface area contributed by atoms with E-state index >= 15 is 0 Å². The van der Waals surface area contributed by atoms with Crippen LogP contribution in [0.3, 0.4) is 0 Å². The summed E-state index contributed by atoms with van der Waals surface area (Å²) < 4.78 is 16.9. The number of ether oxygens (including phenoxy) is 3. The van der Waals surface area contributed by atoms with Crippen LogP contribution in [0.1, 0.15) is 252 Å². The van der Waals surface area contributed by atoms with Gasteiger partial charge in [0.05, 0.1) is 0 Å². The van der Waals surface area contributed by atoms with Gasteiger partial charge in [0.1, 0.15) is 13.2 Å². The van der Waals surface area contributed by atoms with Crippen molar-refractivity contribution in [1.29, 1.82) is 0 Å². The fourth-order valence-electron chi connectivity index (χ4n) is 8.26. The molecule has 1 unspecified atom stereocenters. The van der Waals surface area contributed by atoms with Gasteiger partial charge in [0.25, 0.3) is 0 Å². The lowest BCUT2D eigenvalue weighted by Gasteiger charge is -2.18. The Hall–Kier alpha value is -5.75. The van der Waals surface area contributed by atoms with Crippen molar-refractivity contribution in [3.05, 3.63) is 194 Å². The van der Waals surface area contributed by atoms with Gasteiger partial charge in [0, 0.05) is 19.3 Å². The maximum absolute atomic E-state index is 12.9. The van der Waals surface area contributed by atoms with Gasteiger partial charge in [0.2, 0.25) is 0 Å². The second-order valence-corrected chi connectivity index (χ2v) is 20.9. The van der Waals surface area contributed by atoms with Crippen molar-refractivity contribution in [1.82, 2.24) is 0 Å². The van der Waals surface area contributed by atoms with Crippen molar-refractivity contribution in [2.24, 2.45) is 0 Å². The van der Waals surface area contributed by atoms with Crippen LogP contribution in [0.4, 0.5) is 0 Å². The highest BCUT2D eigenvalue weighted by molar-refractivity contribution is 5.71. The number of hydrogen-bond acceptors (Lipinski definition) is 6. The molecule has 0 N–H and O–H groups in total. The average molecular weight is 1140 g/mol.